The van der Waals surface area contributed by atoms with Gasteiger partial charge in [-0.1, -0.05) is 30.3 Å². The molecule has 2 unspecified atom stereocenters. The Morgan fingerprint density at radius 2 is 2.22 bits per heavy atom. The van der Waals surface area contributed by atoms with E-state index in [-0.39, 0.29) is 0 Å². The van der Waals surface area contributed by atoms with E-state index in [1.54, 1.807) is 0 Å². The van der Waals surface area contributed by atoms with Crippen LogP contribution in [-0.4, -0.2) is 17.9 Å². The molecule has 1 amide bonds. The minimum atomic E-state index is -1.38. The molecular weight excluding hydrogens is 233 g/mol. The zero-order valence-corrected chi connectivity index (χ0v) is 10.5. The first kappa shape index (κ1) is 12.9. The van der Waals surface area contributed by atoms with Crippen molar-refractivity contribution in [3.63, 3.8) is 0 Å². The summed E-state index contributed by atoms with van der Waals surface area (Å²) >= 11 is 0. The van der Waals surface area contributed by atoms with Crippen LogP contribution in [0.15, 0.2) is 30.3 Å². The quantitative estimate of drug-likeness (QED) is 0.896. The second kappa shape index (κ2) is 5.38. The van der Waals surface area contributed by atoms with Crippen molar-refractivity contribution in [3.8, 4) is 0 Å². The largest absolute Gasteiger partial charge is 0.443 e. The van der Waals surface area contributed by atoms with Gasteiger partial charge in [-0.2, -0.15) is 0 Å². The Balaban J connectivity index is 1.79. The highest BCUT2D eigenvalue weighted by molar-refractivity contribution is 5.67. The minimum Gasteiger partial charge on any atom is -0.443 e. The van der Waals surface area contributed by atoms with E-state index < -0.39 is 17.9 Å². The fraction of sp³-hybridized carbons (Fsp3) is 0.500. The molecule has 1 saturated carbocycles. The summed E-state index contributed by atoms with van der Waals surface area (Å²) in [6, 6.07) is 9.54. The fourth-order valence-corrected chi connectivity index (χ4v) is 2.22. The molecule has 1 aromatic carbocycles. The van der Waals surface area contributed by atoms with Crippen molar-refractivity contribution in [2.75, 3.05) is 0 Å². The smallest absolute Gasteiger partial charge is 0.407 e. The predicted octanol–water partition coefficient (Wildman–Crippen LogP) is 3.19. The molecule has 98 valence electrons. The zero-order chi connectivity index (χ0) is 13.0. The molecule has 4 heteroatoms. The Kier molecular flexibility index (Phi) is 3.84. The molecule has 18 heavy (non-hydrogen) atoms. The Bertz CT molecular complexity index is 406. The highest BCUT2D eigenvalue weighted by Crippen LogP contribution is 2.35. The monoisotopic (exact) mass is 251 g/mol. The molecule has 0 heterocycles. The van der Waals surface area contributed by atoms with Crippen LogP contribution >= 0.6 is 0 Å². The summed E-state index contributed by atoms with van der Waals surface area (Å²) in [4.78, 5) is 11.6. The van der Waals surface area contributed by atoms with Crippen molar-refractivity contribution >= 4 is 6.09 Å². The highest BCUT2D eigenvalue weighted by atomic mass is 19.1. The summed E-state index contributed by atoms with van der Waals surface area (Å²) in [5.74, 6) is 0. The van der Waals surface area contributed by atoms with Gasteiger partial charge >= 0.3 is 6.09 Å². The Morgan fingerprint density at radius 3 is 2.83 bits per heavy atom. The lowest BCUT2D eigenvalue weighted by Gasteiger charge is -2.22. The number of halogens is 1. The third-order valence-electron chi connectivity index (χ3n) is 3.33. The summed E-state index contributed by atoms with van der Waals surface area (Å²) in [6.45, 7) is 1.89. The number of benzene rings is 1. The van der Waals surface area contributed by atoms with Gasteiger partial charge in [0.15, 0.2) is 0 Å². The fourth-order valence-electron chi connectivity index (χ4n) is 2.22. The Morgan fingerprint density at radius 1 is 1.50 bits per heavy atom. The molecule has 0 radical (unpaired) electrons. The van der Waals surface area contributed by atoms with Gasteiger partial charge in [0.2, 0.25) is 0 Å². The molecule has 1 aromatic rings. The van der Waals surface area contributed by atoms with Crippen LogP contribution in [0.4, 0.5) is 9.18 Å². The normalized spacial score (nSPS) is 26.9. The van der Waals surface area contributed by atoms with Crippen LogP contribution in [0.1, 0.15) is 31.7 Å². The lowest BCUT2D eigenvalue weighted by Crippen LogP contribution is -2.37. The summed E-state index contributed by atoms with van der Waals surface area (Å²) < 4.78 is 19.0. The van der Waals surface area contributed by atoms with Gasteiger partial charge in [0, 0.05) is 6.54 Å². The molecule has 3 nitrogen and oxygen atoms in total. The third kappa shape index (κ3) is 3.22. The second-order valence-corrected chi connectivity index (χ2v) is 4.90. The van der Waals surface area contributed by atoms with Crippen molar-refractivity contribution in [2.45, 2.75) is 44.5 Å². The van der Waals surface area contributed by atoms with E-state index in [4.69, 9.17) is 4.74 Å². The topological polar surface area (TPSA) is 38.3 Å². The first-order valence-corrected chi connectivity index (χ1v) is 6.25. The minimum absolute atomic E-state index is 0.398. The first-order chi connectivity index (χ1) is 8.58. The maximum absolute atomic E-state index is 13.9. The Hall–Kier alpha value is -1.58. The number of ether oxygens (including phenoxy) is 1. The van der Waals surface area contributed by atoms with Crippen molar-refractivity contribution in [1.29, 1.82) is 0 Å². The lowest BCUT2D eigenvalue weighted by atomic mass is 10.1. The zero-order valence-electron chi connectivity index (χ0n) is 10.5. The highest BCUT2D eigenvalue weighted by Gasteiger charge is 2.41. The molecule has 0 aromatic heterocycles. The van der Waals surface area contributed by atoms with Gasteiger partial charge in [-0.25, -0.2) is 9.18 Å². The van der Waals surface area contributed by atoms with E-state index in [0.29, 0.717) is 19.4 Å². The van der Waals surface area contributed by atoms with Crippen LogP contribution in [-0.2, 0) is 11.3 Å². The van der Waals surface area contributed by atoms with E-state index in [9.17, 15) is 9.18 Å². The van der Waals surface area contributed by atoms with Crippen LogP contribution < -0.4 is 5.32 Å². The van der Waals surface area contributed by atoms with Crippen LogP contribution in [0.3, 0.4) is 0 Å². The standard InChI is InChI=1S/C14H18FNO2/c1-14(15)9-5-8-12(14)18-13(17)16-10-11-6-3-2-4-7-11/h2-4,6-7,12H,5,8-10H2,1H3,(H,16,17). The third-order valence-corrected chi connectivity index (χ3v) is 3.33. The summed E-state index contributed by atoms with van der Waals surface area (Å²) in [6.07, 6.45) is 0.668. The molecular formula is C14H18FNO2. The van der Waals surface area contributed by atoms with Crippen LogP contribution in [0.25, 0.3) is 0 Å². The van der Waals surface area contributed by atoms with Gasteiger partial charge in [-0.3, -0.25) is 0 Å². The number of hydrogen-bond acceptors (Lipinski definition) is 2. The van der Waals surface area contributed by atoms with Crippen LogP contribution in [0.2, 0.25) is 0 Å². The Labute approximate surface area is 106 Å². The molecule has 2 atom stereocenters. The summed E-state index contributed by atoms with van der Waals surface area (Å²) in [5.41, 5.74) is -0.395. The molecule has 1 aliphatic carbocycles. The molecule has 0 saturated heterocycles. The number of carbonyl (C=O) groups is 1. The van der Waals surface area contributed by atoms with Crippen molar-refractivity contribution in [2.24, 2.45) is 0 Å². The summed E-state index contributed by atoms with van der Waals surface area (Å²) in [5, 5.41) is 2.64. The van der Waals surface area contributed by atoms with Gasteiger partial charge in [0.05, 0.1) is 0 Å². The van der Waals surface area contributed by atoms with E-state index >= 15 is 0 Å². The van der Waals surface area contributed by atoms with Crippen LogP contribution in [0.5, 0.6) is 0 Å². The second-order valence-electron chi connectivity index (χ2n) is 4.90. The van der Waals surface area contributed by atoms with E-state index in [1.165, 1.54) is 6.92 Å². The van der Waals surface area contributed by atoms with E-state index in [0.717, 1.165) is 12.0 Å². The van der Waals surface area contributed by atoms with Crippen molar-refractivity contribution < 1.29 is 13.9 Å². The van der Waals surface area contributed by atoms with Crippen LogP contribution in [0, 0.1) is 0 Å². The van der Waals surface area contributed by atoms with E-state index in [1.807, 2.05) is 30.3 Å². The van der Waals surface area contributed by atoms with Gasteiger partial charge in [-0.05, 0) is 31.7 Å². The van der Waals surface area contributed by atoms with Crippen molar-refractivity contribution in [3.05, 3.63) is 35.9 Å². The number of nitrogens with one attached hydrogen (secondary N) is 1. The van der Waals surface area contributed by atoms with Gasteiger partial charge in [0.25, 0.3) is 0 Å². The van der Waals surface area contributed by atoms with Crippen molar-refractivity contribution in [1.82, 2.24) is 5.32 Å². The number of carbonyl (C=O) groups excluding carboxylic acids is 1. The lowest BCUT2D eigenvalue weighted by molar-refractivity contribution is 0.0103. The average Bonchev–Trinajstić information content (AvgIpc) is 2.68. The molecule has 0 bridgehead atoms. The number of alkyl carbamates (subject to hydrolysis) is 1. The predicted molar refractivity (Wildman–Crippen MR) is 66.9 cm³/mol. The molecule has 0 aliphatic heterocycles. The SMILES string of the molecule is CC1(F)CCCC1OC(=O)NCc1ccccc1. The molecule has 1 fully saturated rings. The molecule has 1 N–H and O–H groups in total. The number of rotatable bonds is 3. The molecule has 0 spiro atoms. The molecule has 1 aliphatic rings. The number of amides is 1. The maximum Gasteiger partial charge on any atom is 0.407 e. The molecule has 2 rings (SSSR count). The van der Waals surface area contributed by atoms with Gasteiger partial charge < -0.3 is 10.1 Å². The summed E-state index contributed by atoms with van der Waals surface area (Å²) in [7, 11) is 0. The first-order valence-electron chi connectivity index (χ1n) is 6.25. The average molecular weight is 251 g/mol. The number of hydrogen-bond donors (Lipinski definition) is 1. The number of alkyl halides is 1. The van der Waals surface area contributed by atoms with Gasteiger partial charge in [0.1, 0.15) is 11.8 Å². The maximum atomic E-state index is 13.9. The van der Waals surface area contributed by atoms with E-state index in [2.05, 4.69) is 5.32 Å². The van der Waals surface area contributed by atoms with Gasteiger partial charge in [-0.15, -0.1) is 0 Å².